The molecule has 1 saturated carbocycles. The van der Waals surface area contributed by atoms with Crippen molar-refractivity contribution in [2.45, 2.75) is 56.8 Å². The van der Waals surface area contributed by atoms with Crippen LogP contribution in [0.25, 0.3) is 0 Å². The smallest absolute Gasteiger partial charge is 0.249 e. The van der Waals surface area contributed by atoms with E-state index in [0.29, 0.717) is 0 Å². The number of amides is 1. The average Bonchev–Trinajstić information content (AvgIpc) is 3.36. The first kappa shape index (κ1) is 16.0. The Kier molecular flexibility index (Phi) is 4.55. The van der Waals surface area contributed by atoms with Gasteiger partial charge in [-0.1, -0.05) is 6.07 Å². The van der Waals surface area contributed by atoms with Crippen molar-refractivity contribution >= 4 is 5.91 Å². The van der Waals surface area contributed by atoms with E-state index in [0.717, 1.165) is 57.8 Å². The molecule has 1 atom stereocenters. The first-order valence-electron chi connectivity index (χ1n) is 9.29. The molecule has 5 heteroatoms. The van der Waals surface area contributed by atoms with Crippen molar-refractivity contribution in [1.29, 1.82) is 0 Å². The van der Waals surface area contributed by atoms with Gasteiger partial charge < -0.3 is 10.1 Å². The summed E-state index contributed by atoms with van der Waals surface area (Å²) in [5, 5.41) is 3.07. The van der Waals surface area contributed by atoms with E-state index in [1.165, 1.54) is 18.4 Å². The maximum Gasteiger partial charge on any atom is 0.249 e. The number of hydrogen-bond acceptors (Lipinski definition) is 4. The highest BCUT2D eigenvalue weighted by Gasteiger charge is 2.44. The Labute approximate surface area is 143 Å². The van der Waals surface area contributed by atoms with Gasteiger partial charge in [-0.3, -0.25) is 14.7 Å². The Balaban J connectivity index is 1.25. The van der Waals surface area contributed by atoms with Crippen LogP contribution in [0.15, 0.2) is 24.5 Å². The SMILES string of the molecule is O=C(NCC1CC1)C1CCC2(CCN(Cc3cccnc3)CC2)O1. The van der Waals surface area contributed by atoms with E-state index in [9.17, 15) is 4.79 Å². The number of rotatable bonds is 5. The number of hydrogen-bond donors (Lipinski definition) is 1. The topological polar surface area (TPSA) is 54.5 Å². The van der Waals surface area contributed by atoms with Crippen molar-refractivity contribution in [3.8, 4) is 0 Å². The number of aromatic nitrogens is 1. The molecule has 1 amide bonds. The van der Waals surface area contributed by atoms with Crippen molar-refractivity contribution < 1.29 is 9.53 Å². The molecule has 24 heavy (non-hydrogen) atoms. The zero-order valence-electron chi connectivity index (χ0n) is 14.2. The molecule has 1 N–H and O–H groups in total. The largest absolute Gasteiger partial charge is 0.362 e. The lowest BCUT2D eigenvalue weighted by Crippen LogP contribution is -2.45. The predicted molar refractivity (Wildman–Crippen MR) is 91.3 cm³/mol. The van der Waals surface area contributed by atoms with E-state index >= 15 is 0 Å². The third-order valence-electron chi connectivity index (χ3n) is 5.70. The molecule has 0 bridgehead atoms. The predicted octanol–water partition coefficient (Wildman–Crippen LogP) is 2.12. The summed E-state index contributed by atoms with van der Waals surface area (Å²) < 4.78 is 6.25. The summed E-state index contributed by atoms with van der Waals surface area (Å²) in [6.45, 7) is 3.86. The Morgan fingerprint density at radius 3 is 2.83 bits per heavy atom. The van der Waals surface area contributed by atoms with E-state index in [1.807, 2.05) is 18.5 Å². The van der Waals surface area contributed by atoms with Gasteiger partial charge in [-0.15, -0.1) is 0 Å². The molecule has 130 valence electrons. The van der Waals surface area contributed by atoms with Crippen LogP contribution in [0.2, 0.25) is 0 Å². The Hall–Kier alpha value is -1.46. The maximum atomic E-state index is 12.3. The lowest BCUT2D eigenvalue weighted by atomic mass is 9.88. The van der Waals surface area contributed by atoms with Gasteiger partial charge in [0.1, 0.15) is 6.10 Å². The maximum absolute atomic E-state index is 12.3. The van der Waals surface area contributed by atoms with Crippen molar-refractivity contribution in [3.05, 3.63) is 30.1 Å². The molecule has 1 aromatic rings. The molecule has 4 rings (SSSR count). The summed E-state index contributed by atoms with van der Waals surface area (Å²) in [6.07, 6.45) is 10.0. The van der Waals surface area contributed by atoms with Crippen molar-refractivity contribution in [2.24, 2.45) is 5.92 Å². The Morgan fingerprint density at radius 2 is 2.12 bits per heavy atom. The monoisotopic (exact) mass is 329 g/mol. The third-order valence-corrected chi connectivity index (χ3v) is 5.70. The van der Waals surface area contributed by atoms with Crippen LogP contribution in [0.3, 0.4) is 0 Å². The molecule has 2 saturated heterocycles. The van der Waals surface area contributed by atoms with E-state index in [1.54, 1.807) is 0 Å². The minimum atomic E-state index is -0.228. The van der Waals surface area contributed by atoms with Crippen LogP contribution in [0, 0.1) is 5.92 Å². The molecular weight excluding hydrogens is 302 g/mol. The third kappa shape index (κ3) is 3.78. The molecule has 1 aliphatic carbocycles. The standard InChI is InChI=1S/C19H27N3O2/c23-18(21-13-15-3-4-15)17-5-6-19(24-17)7-10-22(11-8-19)14-16-2-1-9-20-12-16/h1-2,9,12,15,17H,3-8,10-11,13-14H2,(H,21,23). The first-order chi connectivity index (χ1) is 11.7. The van der Waals surface area contributed by atoms with Gasteiger partial charge in [0.05, 0.1) is 5.60 Å². The number of pyridine rings is 1. The van der Waals surface area contributed by atoms with Crippen LogP contribution in [0.1, 0.15) is 44.1 Å². The average molecular weight is 329 g/mol. The van der Waals surface area contributed by atoms with Crippen LogP contribution < -0.4 is 5.32 Å². The number of carbonyl (C=O) groups is 1. The molecule has 0 radical (unpaired) electrons. The highest BCUT2D eigenvalue weighted by molar-refractivity contribution is 5.81. The van der Waals surface area contributed by atoms with Crippen LogP contribution >= 0.6 is 0 Å². The minimum Gasteiger partial charge on any atom is -0.362 e. The molecule has 1 spiro atoms. The quantitative estimate of drug-likeness (QED) is 0.899. The van der Waals surface area contributed by atoms with Crippen LogP contribution in [-0.2, 0) is 16.1 Å². The first-order valence-corrected chi connectivity index (χ1v) is 9.29. The van der Waals surface area contributed by atoms with E-state index in [2.05, 4.69) is 21.3 Å². The molecule has 1 unspecified atom stereocenters. The summed E-state index contributed by atoms with van der Waals surface area (Å²) >= 11 is 0. The molecule has 3 heterocycles. The fourth-order valence-electron chi connectivity index (χ4n) is 3.92. The van der Waals surface area contributed by atoms with E-state index in [-0.39, 0.29) is 17.6 Å². The lowest BCUT2D eigenvalue weighted by molar-refractivity contribution is -0.140. The van der Waals surface area contributed by atoms with E-state index in [4.69, 9.17) is 4.74 Å². The number of likely N-dealkylation sites (tertiary alicyclic amines) is 1. The van der Waals surface area contributed by atoms with Gasteiger partial charge in [-0.25, -0.2) is 0 Å². The van der Waals surface area contributed by atoms with Crippen LogP contribution in [0.4, 0.5) is 0 Å². The van der Waals surface area contributed by atoms with Crippen LogP contribution in [0.5, 0.6) is 0 Å². The number of nitrogens with one attached hydrogen (secondary N) is 1. The fraction of sp³-hybridized carbons (Fsp3) is 0.684. The fourth-order valence-corrected chi connectivity index (χ4v) is 3.92. The number of nitrogens with zero attached hydrogens (tertiary/aromatic N) is 2. The molecular formula is C19H27N3O2. The van der Waals surface area contributed by atoms with Gasteiger partial charge >= 0.3 is 0 Å². The molecule has 3 fully saturated rings. The highest BCUT2D eigenvalue weighted by atomic mass is 16.5. The summed E-state index contributed by atoms with van der Waals surface area (Å²) in [4.78, 5) is 18.9. The zero-order valence-corrected chi connectivity index (χ0v) is 14.2. The van der Waals surface area contributed by atoms with Gasteiger partial charge in [-0.05, 0) is 56.1 Å². The molecule has 2 aliphatic heterocycles. The van der Waals surface area contributed by atoms with Gasteiger partial charge in [0, 0.05) is 38.6 Å². The zero-order chi connectivity index (χ0) is 16.4. The summed E-state index contributed by atoms with van der Waals surface area (Å²) in [6, 6.07) is 4.12. The highest BCUT2D eigenvalue weighted by Crippen LogP contribution is 2.39. The second-order valence-electron chi connectivity index (χ2n) is 7.65. The number of piperidine rings is 1. The van der Waals surface area contributed by atoms with E-state index < -0.39 is 0 Å². The summed E-state index contributed by atoms with van der Waals surface area (Å²) in [7, 11) is 0. The van der Waals surface area contributed by atoms with Gasteiger partial charge in [0.2, 0.25) is 5.91 Å². The summed E-state index contributed by atoms with van der Waals surface area (Å²) in [5.41, 5.74) is 1.20. The normalized spacial score (nSPS) is 26.6. The molecule has 5 nitrogen and oxygen atoms in total. The van der Waals surface area contributed by atoms with Crippen molar-refractivity contribution in [1.82, 2.24) is 15.2 Å². The Bertz CT molecular complexity index is 565. The van der Waals surface area contributed by atoms with Crippen molar-refractivity contribution in [3.63, 3.8) is 0 Å². The van der Waals surface area contributed by atoms with Gasteiger partial charge in [-0.2, -0.15) is 0 Å². The molecule has 3 aliphatic rings. The second kappa shape index (κ2) is 6.81. The number of carbonyl (C=O) groups excluding carboxylic acids is 1. The minimum absolute atomic E-state index is 0.0625. The van der Waals surface area contributed by atoms with Crippen LogP contribution in [-0.4, -0.2) is 47.1 Å². The Morgan fingerprint density at radius 1 is 1.29 bits per heavy atom. The van der Waals surface area contributed by atoms with Gasteiger partial charge in [0.25, 0.3) is 0 Å². The molecule has 1 aromatic heterocycles. The second-order valence-corrected chi connectivity index (χ2v) is 7.65. The number of ether oxygens (including phenoxy) is 1. The summed E-state index contributed by atoms with van der Waals surface area (Å²) in [5.74, 6) is 0.830. The van der Waals surface area contributed by atoms with Crippen molar-refractivity contribution in [2.75, 3.05) is 19.6 Å². The molecule has 0 aromatic carbocycles. The lowest BCUT2D eigenvalue weighted by Gasteiger charge is -2.39. The van der Waals surface area contributed by atoms with Gasteiger partial charge in [0.15, 0.2) is 0 Å².